The standard InChI is InChI=1S/C8H4ClFN2/c9-6-2-1-5-3-11-4-12-8(5)7(6)10/h1-4H. The maximum Gasteiger partial charge on any atom is 0.168 e. The van der Waals surface area contributed by atoms with Gasteiger partial charge in [0.25, 0.3) is 0 Å². The summed E-state index contributed by atoms with van der Waals surface area (Å²) in [5.74, 6) is -0.489. The lowest BCUT2D eigenvalue weighted by molar-refractivity contribution is 0.637. The van der Waals surface area contributed by atoms with Crippen molar-refractivity contribution in [2.24, 2.45) is 0 Å². The van der Waals surface area contributed by atoms with E-state index in [0.29, 0.717) is 5.39 Å². The first-order valence-corrected chi connectivity index (χ1v) is 3.70. The molecular weight excluding hydrogens is 179 g/mol. The summed E-state index contributed by atoms with van der Waals surface area (Å²) < 4.78 is 13.2. The molecule has 0 saturated carbocycles. The highest BCUT2D eigenvalue weighted by Crippen LogP contribution is 2.21. The molecule has 2 rings (SSSR count). The highest BCUT2D eigenvalue weighted by atomic mass is 35.5. The molecule has 1 heterocycles. The van der Waals surface area contributed by atoms with Crippen molar-refractivity contribution in [2.75, 3.05) is 0 Å². The van der Waals surface area contributed by atoms with Crippen LogP contribution in [0.15, 0.2) is 24.7 Å². The monoisotopic (exact) mass is 182 g/mol. The Morgan fingerprint density at radius 1 is 1.33 bits per heavy atom. The van der Waals surface area contributed by atoms with Gasteiger partial charge in [-0.3, -0.25) is 0 Å². The van der Waals surface area contributed by atoms with Crippen molar-refractivity contribution in [3.8, 4) is 0 Å². The second-order valence-electron chi connectivity index (χ2n) is 2.32. The molecule has 0 spiro atoms. The summed E-state index contributed by atoms with van der Waals surface area (Å²) in [6.07, 6.45) is 2.84. The van der Waals surface area contributed by atoms with E-state index in [4.69, 9.17) is 11.6 Å². The topological polar surface area (TPSA) is 25.8 Å². The molecule has 2 aromatic rings. The van der Waals surface area contributed by atoms with E-state index in [1.165, 1.54) is 12.4 Å². The van der Waals surface area contributed by atoms with Crippen molar-refractivity contribution in [3.63, 3.8) is 0 Å². The number of fused-ring (bicyclic) bond motifs is 1. The maximum atomic E-state index is 13.2. The molecule has 1 aromatic carbocycles. The molecule has 0 amide bonds. The van der Waals surface area contributed by atoms with Crippen LogP contribution < -0.4 is 0 Å². The third-order valence-corrected chi connectivity index (χ3v) is 1.86. The molecule has 0 aliphatic carbocycles. The third kappa shape index (κ3) is 1.02. The average Bonchev–Trinajstić information content (AvgIpc) is 2.12. The molecule has 0 radical (unpaired) electrons. The van der Waals surface area contributed by atoms with Gasteiger partial charge in [-0.25, -0.2) is 14.4 Å². The number of benzene rings is 1. The van der Waals surface area contributed by atoms with E-state index >= 15 is 0 Å². The molecule has 0 N–H and O–H groups in total. The van der Waals surface area contributed by atoms with Crippen LogP contribution in [0, 0.1) is 5.82 Å². The van der Waals surface area contributed by atoms with Crippen molar-refractivity contribution < 1.29 is 4.39 Å². The second-order valence-corrected chi connectivity index (χ2v) is 2.73. The van der Waals surface area contributed by atoms with Crippen molar-refractivity contribution in [1.82, 2.24) is 9.97 Å². The Morgan fingerprint density at radius 2 is 2.17 bits per heavy atom. The first kappa shape index (κ1) is 7.43. The van der Waals surface area contributed by atoms with Crippen LogP contribution in [0.3, 0.4) is 0 Å². The van der Waals surface area contributed by atoms with Crippen LogP contribution in [0.4, 0.5) is 4.39 Å². The fourth-order valence-electron chi connectivity index (χ4n) is 0.995. The number of hydrogen-bond acceptors (Lipinski definition) is 2. The van der Waals surface area contributed by atoms with Crippen LogP contribution in [0.2, 0.25) is 5.02 Å². The lowest BCUT2D eigenvalue weighted by atomic mass is 10.2. The molecule has 0 aliphatic heterocycles. The van der Waals surface area contributed by atoms with Gasteiger partial charge in [0.15, 0.2) is 5.82 Å². The highest BCUT2D eigenvalue weighted by Gasteiger charge is 2.05. The van der Waals surface area contributed by atoms with Crippen LogP contribution in [0.25, 0.3) is 10.9 Å². The Morgan fingerprint density at radius 3 is 3.00 bits per heavy atom. The molecule has 1 aromatic heterocycles. The van der Waals surface area contributed by atoms with Gasteiger partial charge in [-0.2, -0.15) is 0 Å². The Kier molecular flexibility index (Phi) is 1.66. The summed E-state index contributed by atoms with van der Waals surface area (Å²) in [6, 6.07) is 3.17. The summed E-state index contributed by atoms with van der Waals surface area (Å²) in [6.45, 7) is 0. The molecule has 0 fully saturated rings. The molecule has 0 unspecified atom stereocenters. The lowest BCUT2D eigenvalue weighted by Gasteiger charge is -1.97. The zero-order valence-electron chi connectivity index (χ0n) is 5.96. The summed E-state index contributed by atoms with van der Waals surface area (Å²) in [5, 5.41) is 0.737. The van der Waals surface area contributed by atoms with Crippen molar-refractivity contribution in [3.05, 3.63) is 35.5 Å². The van der Waals surface area contributed by atoms with Gasteiger partial charge in [-0.05, 0) is 12.1 Å². The highest BCUT2D eigenvalue weighted by molar-refractivity contribution is 6.31. The second kappa shape index (κ2) is 2.68. The Balaban J connectivity index is 2.91. The molecule has 12 heavy (non-hydrogen) atoms. The predicted octanol–water partition coefficient (Wildman–Crippen LogP) is 2.42. The van der Waals surface area contributed by atoms with E-state index in [1.54, 1.807) is 12.3 Å². The molecule has 0 atom stereocenters. The van der Waals surface area contributed by atoms with E-state index in [-0.39, 0.29) is 10.5 Å². The number of rotatable bonds is 0. The third-order valence-electron chi connectivity index (χ3n) is 1.57. The fourth-order valence-corrected chi connectivity index (χ4v) is 1.15. The molecule has 4 heteroatoms. The minimum atomic E-state index is -0.489. The van der Waals surface area contributed by atoms with Crippen molar-refractivity contribution in [1.29, 1.82) is 0 Å². The van der Waals surface area contributed by atoms with Gasteiger partial charge < -0.3 is 0 Å². The molecule has 60 valence electrons. The summed E-state index contributed by atoms with van der Waals surface area (Å²) in [7, 11) is 0. The zero-order valence-corrected chi connectivity index (χ0v) is 6.72. The van der Waals surface area contributed by atoms with Gasteiger partial charge in [-0.1, -0.05) is 11.6 Å². The lowest BCUT2D eigenvalue weighted by Crippen LogP contribution is -1.86. The minimum absolute atomic E-state index is 0.0844. The van der Waals surface area contributed by atoms with Gasteiger partial charge in [0.1, 0.15) is 11.8 Å². The van der Waals surface area contributed by atoms with Gasteiger partial charge in [0.2, 0.25) is 0 Å². The van der Waals surface area contributed by atoms with Gasteiger partial charge >= 0.3 is 0 Å². The summed E-state index contributed by atoms with van der Waals surface area (Å²) >= 11 is 5.55. The Hall–Kier alpha value is -1.22. The van der Waals surface area contributed by atoms with Gasteiger partial charge in [-0.15, -0.1) is 0 Å². The number of aromatic nitrogens is 2. The van der Waals surface area contributed by atoms with Crippen LogP contribution in [-0.4, -0.2) is 9.97 Å². The van der Waals surface area contributed by atoms with E-state index in [1.807, 2.05) is 0 Å². The van der Waals surface area contributed by atoms with E-state index in [0.717, 1.165) is 0 Å². The molecule has 0 aliphatic rings. The normalized spacial score (nSPS) is 10.5. The van der Waals surface area contributed by atoms with Crippen LogP contribution in [0.1, 0.15) is 0 Å². The van der Waals surface area contributed by atoms with Crippen molar-refractivity contribution >= 4 is 22.5 Å². The molecule has 0 saturated heterocycles. The first-order valence-electron chi connectivity index (χ1n) is 3.33. The Bertz CT molecular complexity index is 430. The maximum absolute atomic E-state index is 13.2. The predicted molar refractivity (Wildman–Crippen MR) is 44.5 cm³/mol. The van der Waals surface area contributed by atoms with Crippen LogP contribution in [-0.2, 0) is 0 Å². The molecular formula is C8H4ClFN2. The van der Waals surface area contributed by atoms with Crippen LogP contribution in [0.5, 0.6) is 0 Å². The summed E-state index contributed by atoms with van der Waals surface area (Å²) in [4.78, 5) is 7.53. The Labute approximate surface area is 73.0 Å². The SMILES string of the molecule is Fc1c(Cl)ccc2cncnc12. The van der Waals surface area contributed by atoms with Gasteiger partial charge in [0, 0.05) is 11.6 Å². The minimum Gasteiger partial charge on any atom is -0.244 e. The van der Waals surface area contributed by atoms with E-state index in [9.17, 15) is 4.39 Å². The van der Waals surface area contributed by atoms with Gasteiger partial charge in [0.05, 0.1) is 5.02 Å². The van der Waals surface area contributed by atoms with Crippen molar-refractivity contribution in [2.45, 2.75) is 0 Å². The zero-order chi connectivity index (χ0) is 8.55. The number of nitrogens with zero attached hydrogens (tertiary/aromatic N) is 2. The molecule has 2 nitrogen and oxygen atoms in total. The number of halogens is 2. The largest absolute Gasteiger partial charge is 0.244 e. The van der Waals surface area contributed by atoms with E-state index in [2.05, 4.69) is 9.97 Å². The summed E-state index contributed by atoms with van der Waals surface area (Å²) in [5.41, 5.74) is 0.262. The smallest absolute Gasteiger partial charge is 0.168 e. The first-order chi connectivity index (χ1) is 5.79. The number of hydrogen-bond donors (Lipinski definition) is 0. The fraction of sp³-hybridized carbons (Fsp3) is 0. The molecule has 0 bridgehead atoms. The van der Waals surface area contributed by atoms with Crippen LogP contribution >= 0.6 is 11.6 Å². The van der Waals surface area contributed by atoms with E-state index < -0.39 is 5.82 Å². The average molecular weight is 183 g/mol. The quantitative estimate of drug-likeness (QED) is 0.625.